The largest absolute Gasteiger partial charge is 0.271 e. The van der Waals surface area contributed by atoms with Crippen molar-refractivity contribution in [3.05, 3.63) is 68.7 Å². The van der Waals surface area contributed by atoms with Gasteiger partial charge in [-0.2, -0.15) is 0 Å². The zero-order valence-corrected chi connectivity index (χ0v) is 12.8. The van der Waals surface area contributed by atoms with Gasteiger partial charge in [-0.3, -0.25) is 5.84 Å². The number of hydrogen-bond donors (Lipinski definition) is 2. The van der Waals surface area contributed by atoms with Crippen molar-refractivity contribution in [2.24, 2.45) is 5.84 Å². The van der Waals surface area contributed by atoms with Crippen LogP contribution in [0, 0.1) is 25.5 Å². The zero-order chi connectivity index (χ0) is 14.9. The fourth-order valence-electron chi connectivity index (χ4n) is 2.14. The normalized spacial score (nSPS) is 12.5. The summed E-state index contributed by atoms with van der Waals surface area (Å²) in [6, 6.07) is 7.39. The monoisotopic (exact) mass is 340 g/mol. The molecule has 0 spiro atoms. The Labute approximate surface area is 125 Å². The average Bonchev–Trinajstić information content (AvgIpc) is 2.42. The summed E-state index contributed by atoms with van der Waals surface area (Å²) in [5.41, 5.74) is 4.49. The first-order chi connectivity index (χ1) is 9.45. The maximum Gasteiger partial charge on any atom is 0.134 e. The Morgan fingerprint density at radius 2 is 1.80 bits per heavy atom. The van der Waals surface area contributed by atoms with Crippen molar-refractivity contribution in [1.29, 1.82) is 0 Å². The molecule has 5 heteroatoms. The van der Waals surface area contributed by atoms with Crippen molar-refractivity contribution in [3.8, 4) is 0 Å². The summed E-state index contributed by atoms with van der Waals surface area (Å²) in [6.45, 7) is 3.50. The van der Waals surface area contributed by atoms with E-state index in [-0.39, 0.29) is 5.56 Å². The van der Waals surface area contributed by atoms with Gasteiger partial charge in [-0.15, -0.1) is 0 Å². The molecule has 20 heavy (non-hydrogen) atoms. The smallest absolute Gasteiger partial charge is 0.134 e. The van der Waals surface area contributed by atoms with Crippen molar-refractivity contribution in [2.75, 3.05) is 0 Å². The van der Waals surface area contributed by atoms with Crippen LogP contribution in [0.25, 0.3) is 0 Å². The van der Waals surface area contributed by atoms with Gasteiger partial charge in [0.25, 0.3) is 0 Å². The summed E-state index contributed by atoms with van der Waals surface area (Å²) in [5, 5.41) is 0. The molecule has 2 aromatic rings. The molecule has 0 aliphatic heterocycles. The van der Waals surface area contributed by atoms with Crippen molar-refractivity contribution in [1.82, 2.24) is 5.43 Å². The van der Waals surface area contributed by atoms with Gasteiger partial charge in [0.05, 0.1) is 6.04 Å². The highest BCUT2D eigenvalue weighted by Crippen LogP contribution is 2.30. The molecule has 2 rings (SSSR count). The van der Waals surface area contributed by atoms with Crippen LogP contribution in [0.1, 0.15) is 28.3 Å². The molecule has 0 amide bonds. The van der Waals surface area contributed by atoms with Gasteiger partial charge in [-0.1, -0.05) is 34.1 Å². The maximum atomic E-state index is 14.2. The van der Waals surface area contributed by atoms with E-state index < -0.39 is 17.7 Å². The number of hydrogen-bond acceptors (Lipinski definition) is 2. The van der Waals surface area contributed by atoms with E-state index in [1.165, 1.54) is 12.1 Å². The molecular weight excluding hydrogens is 326 g/mol. The molecule has 2 aromatic carbocycles. The summed E-state index contributed by atoms with van der Waals surface area (Å²) in [6.07, 6.45) is 0. The van der Waals surface area contributed by atoms with Gasteiger partial charge in [0, 0.05) is 10.0 Å². The second-order valence-corrected chi connectivity index (χ2v) is 5.55. The third-order valence-electron chi connectivity index (χ3n) is 3.29. The number of hydrazine groups is 1. The van der Waals surface area contributed by atoms with Crippen molar-refractivity contribution in [3.63, 3.8) is 0 Å². The van der Waals surface area contributed by atoms with Crippen LogP contribution in [0.2, 0.25) is 0 Å². The van der Waals surface area contributed by atoms with E-state index in [1.54, 1.807) is 13.0 Å². The van der Waals surface area contributed by atoms with Gasteiger partial charge in [-0.05, 0) is 42.7 Å². The number of rotatable bonds is 3. The van der Waals surface area contributed by atoms with E-state index >= 15 is 0 Å². The summed E-state index contributed by atoms with van der Waals surface area (Å²) >= 11 is 3.40. The molecule has 0 aliphatic carbocycles. The van der Waals surface area contributed by atoms with Crippen molar-refractivity contribution in [2.45, 2.75) is 19.9 Å². The van der Waals surface area contributed by atoms with Gasteiger partial charge < -0.3 is 0 Å². The lowest BCUT2D eigenvalue weighted by molar-refractivity contribution is 0.506. The summed E-state index contributed by atoms with van der Waals surface area (Å²) in [7, 11) is 0. The van der Waals surface area contributed by atoms with Gasteiger partial charge in [-0.25, -0.2) is 14.2 Å². The Hall–Kier alpha value is -1.30. The SMILES string of the molecule is Cc1cc(C(NN)c2c(F)ccc(C)c2F)ccc1Br. The van der Waals surface area contributed by atoms with E-state index in [0.717, 1.165) is 10.0 Å². The van der Waals surface area contributed by atoms with Gasteiger partial charge in [0.2, 0.25) is 0 Å². The molecule has 0 fully saturated rings. The number of benzene rings is 2. The molecule has 1 atom stereocenters. The Kier molecular flexibility index (Phi) is 4.52. The predicted molar refractivity (Wildman–Crippen MR) is 79.1 cm³/mol. The number of nitrogens with one attached hydrogen (secondary N) is 1. The highest BCUT2D eigenvalue weighted by Gasteiger charge is 2.22. The molecule has 2 nitrogen and oxygen atoms in total. The van der Waals surface area contributed by atoms with Gasteiger partial charge in [0.1, 0.15) is 11.6 Å². The summed E-state index contributed by atoms with van der Waals surface area (Å²) < 4.78 is 29.1. The fourth-order valence-corrected chi connectivity index (χ4v) is 2.38. The topological polar surface area (TPSA) is 38.0 Å². The number of nitrogens with two attached hydrogens (primary N) is 1. The van der Waals surface area contributed by atoms with Crippen LogP contribution in [0.4, 0.5) is 8.78 Å². The molecule has 0 saturated heterocycles. The number of aryl methyl sites for hydroxylation is 2. The Morgan fingerprint density at radius 1 is 1.10 bits per heavy atom. The van der Waals surface area contributed by atoms with Crippen molar-refractivity contribution >= 4 is 15.9 Å². The quantitative estimate of drug-likeness (QED) is 0.656. The van der Waals surface area contributed by atoms with E-state index in [1.807, 2.05) is 19.1 Å². The average molecular weight is 341 g/mol. The maximum absolute atomic E-state index is 14.2. The minimum absolute atomic E-state index is 0.0609. The van der Waals surface area contributed by atoms with E-state index in [2.05, 4.69) is 21.4 Å². The molecule has 0 aromatic heterocycles. The first-order valence-corrected chi connectivity index (χ1v) is 6.91. The van der Waals surface area contributed by atoms with Crippen LogP contribution in [0.3, 0.4) is 0 Å². The van der Waals surface area contributed by atoms with Gasteiger partial charge >= 0.3 is 0 Å². The van der Waals surface area contributed by atoms with Crippen LogP contribution in [0.5, 0.6) is 0 Å². The Balaban J connectivity index is 2.58. The zero-order valence-electron chi connectivity index (χ0n) is 11.2. The highest BCUT2D eigenvalue weighted by atomic mass is 79.9. The third-order valence-corrected chi connectivity index (χ3v) is 4.18. The molecule has 106 valence electrons. The van der Waals surface area contributed by atoms with E-state index in [4.69, 9.17) is 5.84 Å². The standard InChI is InChI=1S/C15H15BrF2N2/c1-8-3-6-12(17)13(14(8)18)15(20-19)10-4-5-11(16)9(2)7-10/h3-7,15,20H,19H2,1-2H3. The Bertz CT molecular complexity index is 644. The second-order valence-electron chi connectivity index (χ2n) is 4.70. The summed E-state index contributed by atoms with van der Waals surface area (Å²) in [4.78, 5) is 0. The lowest BCUT2D eigenvalue weighted by Crippen LogP contribution is -2.30. The second kappa shape index (κ2) is 5.99. The van der Waals surface area contributed by atoms with Crippen molar-refractivity contribution < 1.29 is 8.78 Å². The molecule has 0 aliphatic rings. The first kappa shape index (κ1) is 15.1. The lowest BCUT2D eigenvalue weighted by Gasteiger charge is -2.20. The van der Waals surface area contributed by atoms with Crippen LogP contribution in [-0.2, 0) is 0 Å². The molecule has 3 N–H and O–H groups in total. The number of halogens is 3. The molecule has 0 heterocycles. The minimum atomic E-state index is -0.735. The van der Waals surface area contributed by atoms with Gasteiger partial charge in [0.15, 0.2) is 0 Å². The molecule has 1 unspecified atom stereocenters. The van der Waals surface area contributed by atoms with E-state index in [9.17, 15) is 8.78 Å². The lowest BCUT2D eigenvalue weighted by atomic mass is 9.95. The molecule has 0 radical (unpaired) electrons. The third kappa shape index (κ3) is 2.75. The summed E-state index contributed by atoms with van der Waals surface area (Å²) in [5.74, 6) is 4.33. The Morgan fingerprint density at radius 3 is 2.40 bits per heavy atom. The first-order valence-electron chi connectivity index (χ1n) is 6.12. The van der Waals surface area contributed by atoms with Crippen LogP contribution < -0.4 is 11.3 Å². The van der Waals surface area contributed by atoms with Crippen LogP contribution in [-0.4, -0.2) is 0 Å². The highest BCUT2D eigenvalue weighted by molar-refractivity contribution is 9.10. The predicted octanol–water partition coefficient (Wildman–Crippen LogP) is 3.90. The van der Waals surface area contributed by atoms with E-state index in [0.29, 0.717) is 11.1 Å². The van der Waals surface area contributed by atoms with Crippen LogP contribution in [0.15, 0.2) is 34.8 Å². The minimum Gasteiger partial charge on any atom is -0.271 e. The molecule has 0 bridgehead atoms. The fraction of sp³-hybridized carbons (Fsp3) is 0.200. The van der Waals surface area contributed by atoms with Crippen LogP contribution >= 0.6 is 15.9 Å². The molecular formula is C15H15BrF2N2. The molecule has 0 saturated carbocycles.